The first-order valence-electron chi connectivity index (χ1n) is 4.45. The number of aromatic nitrogens is 1. The van der Waals surface area contributed by atoms with E-state index in [1.165, 1.54) is 6.07 Å². The minimum atomic E-state index is -0.935. The van der Waals surface area contributed by atoms with Gasteiger partial charge in [-0.25, -0.2) is 4.79 Å². The van der Waals surface area contributed by atoms with Crippen molar-refractivity contribution in [1.82, 2.24) is 4.98 Å². The highest BCUT2D eigenvalue weighted by molar-refractivity contribution is 7.71. The van der Waals surface area contributed by atoms with Gasteiger partial charge < -0.3 is 10.1 Å². The molecule has 0 atom stereocenters. The van der Waals surface area contributed by atoms with Crippen LogP contribution in [0.1, 0.15) is 29.9 Å². The van der Waals surface area contributed by atoms with Gasteiger partial charge in [0.15, 0.2) is 0 Å². The molecule has 0 bridgehead atoms. The van der Waals surface area contributed by atoms with Crippen LogP contribution >= 0.6 is 12.2 Å². The van der Waals surface area contributed by atoms with Gasteiger partial charge in [-0.3, -0.25) is 0 Å². The molecule has 3 nitrogen and oxygen atoms in total. The van der Waals surface area contributed by atoms with Crippen LogP contribution < -0.4 is 0 Å². The lowest BCUT2D eigenvalue weighted by molar-refractivity contribution is 0.0696. The van der Waals surface area contributed by atoms with Gasteiger partial charge in [0.05, 0.1) is 5.56 Å². The van der Waals surface area contributed by atoms with E-state index >= 15 is 0 Å². The molecule has 0 aliphatic rings. The van der Waals surface area contributed by atoms with Crippen molar-refractivity contribution < 1.29 is 9.90 Å². The minimum absolute atomic E-state index is 0.254. The lowest BCUT2D eigenvalue weighted by Gasteiger charge is -2.05. The highest BCUT2D eigenvalue weighted by Gasteiger charge is 2.05. The third-order valence-corrected chi connectivity index (χ3v) is 2.00. The summed E-state index contributed by atoms with van der Waals surface area (Å²) in [6.45, 7) is 4.15. The molecular formula is C10H13NO2S. The van der Waals surface area contributed by atoms with Gasteiger partial charge >= 0.3 is 5.97 Å². The topological polar surface area (TPSA) is 53.1 Å². The summed E-state index contributed by atoms with van der Waals surface area (Å²) in [4.78, 5) is 13.7. The predicted molar refractivity (Wildman–Crippen MR) is 57.1 cm³/mol. The molecule has 1 aromatic heterocycles. The number of carboxylic acid groups (broad SMARTS) is 1. The number of aromatic carboxylic acids is 1. The Balaban J connectivity index is 3.07. The molecule has 0 unspecified atom stereocenters. The van der Waals surface area contributed by atoms with Crippen molar-refractivity contribution in [2.24, 2.45) is 5.92 Å². The fraction of sp³-hybridized carbons (Fsp3) is 0.400. The van der Waals surface area contributed by atoms with Crippen molar-refractivity contribution in [3.8, 4) is 0 Å². The first-order valence-corrected chi connectivity index (χ1v) is 4.86. The number of rotatable bonds is 3. The summed E-state index contributed by atoms with van der Waals surface area (Å²) < 4.78 is 0.473. The monoisotopic (exact) mass is 211 g/mol. The van der Waals surface area contributed by atoms with Crippen molar-refractivity contribution in [2.45, 2.75) is 20.3 Å². The second kappa shape index (κ2) is 4.37. The average Bonchev–Trinajstić information content (AvgIpc) is 2.01. The Bertz CT molecular complexity index is 395. The van der Waals surface area contributed by atoms with Gasteiger partial charge in [0.25, 0.3) is 0 Å². The van der Waals surface area contributed by atoms with Crippen molar-refractivity contribution in [2.75, 3.05) is 0 Å². The summed E-state index contributed by atoms with van der Waals surface area (Å²) in [5.41, 5.74) is 1.13. The number of carbonyl (C=O) groups is 1. The van der Waals surface area contributed by atoms with E-state index in [9.17, 15) is 4.79 Å². The Morgan fingerprint density at radius 1 is 1.57 bits per heavy atom. The fourth-order valence-electron chi connectivity index (χ4n) is 1.27. The molecule has 0 spiro atoms. The second-order valence-corrected chi connectivity index (χ2v) is 4.10. The average molecular weight is 211 g/mol. The molecule has 1 rings (SSSR count). The van der Waals surface area contributed by atoms with Gasteiger partial charge in [-0.2, -0.15) is 0 Å². The van der Waals surface area contributed by atoms with Crippen LogP contribution in [-0.4, -0.2) is 16.1 Å². The number of hydrogen-bond acceptors (Lipinski definition) is 2. The molecule has 0 saturated heterocycles. The largest absolute Gasteiger partial charge is 0.478 e. The zero-order valence-electron chi connectivity index (χ0n) is 8.20. The molecule has 4 heteroatoms. The predicted octanol–water partition coefficient (Wildman–Crippen LogP) is 2.64. The van der Waals surface area contributed by atoms with Crippen LogP contribution in [0.3, 0.4) is 0 Å². The third-order valence-electron chi connectivity index (χ3n) is 1.78. The van der Waals surface area contributed by atoms with Gasteiger partial charge in [-0.15, -0.1) is 0 Å². The number of H-pyrrole nitrogens is 1. The lowest BCUT2D eigenvalue weighted by atomic mass is 10.1. The summed E-state index contributed by atoms with van der Waals surface area (Å²) in [6.07, 6.45) is 0.810. The Hall–Kier alpha value is -1.16. The van der Waals surface area contributed by atoms with Crippen LogP contribution in [0.4, 0.5) is 0 Å². The van der Waals surface area contributed by atoms with Crippen molar-refractivity contribution >= 4 is 18.2 Å². The van der Waals surface area contributed by atoms with Gasteiger partial charge in [-0.1, -0.05) is 26.1 Å². The van der Waals surface area contributed by atoms with Gasteiger partial charge in [0, 0.05) is 5.69 Å². The maximum absolute atomic E-state index is 10.7. The Labute approximate surface area is 87.8 Å². The molecule has 0 saturated carbocycles. The SMILES string of the molecule is CC(C)Cc1cc(C(=O)O)cc(=S)[nH]1. The van der Waals surface area contributed by atoms with Gasteiger partial charge in [0.1, 0.15) is 4.64 Å². The lowest BCUT2D eigenvalue weighted by Crippen LogP contribution is -2.02. The van der Waals surface area contributed by atoms with Crippen molar-refractivity contribution in [3.63, 3.8) is 0 Å². The van der Waals surface area contributed by atoms with Crippen LogP contribution in [0, 0.1) is 10.6 Å². The molecule has 1 aromatic rings. The summed E-state index contributed by atoms with van der Waals surface area (Å²) in [6, 6.07) is 3.10. The molecule has 14 heavy (non-hydrogen) atoms. The molecule has 2 N–H and O–H groups in total. The summed E-state index contributed by atoms with van der Waals surface area (Å²) in [5, 5.41) is 8.81. The van der Waals surface area contributed by atoms with Crippen LogP contribution in [0.2, 0.25) is 0 Å². The van der Waals surface area contributed by atoms with Gasteiger partial charge in [-0.05, 0) is 24.5 Å². The van der Waals surface area contributed by atoms with Crippen molar-refractivity contribution in [3.05, 3.63) is 28.0 Å². The molecule has 0 fully saturated rings. The summed E-state index contributed by atoms with van der Waals surface area (Å²) in [5.74, 6) is -0.459. The van der Waals surface area contributed by atoms with Gasteiger partial charge in [0.2, 0.25) is 0 Å². The van der Waals surface area contributed by atoms with Crippen LogP contribution in [0.5, 0.6) is 0 Å². The highest BCUT2D eigenvalue weighted by Crippen LogP contribution is 2.08. The molecule has 0 aromatic carbocycles. The number of aromatic amines is 1. The molecule has 0 radical (unpaired) electrons. The smallest absolute Gasteiger partial charge is 0.335 e. The van der Waals surface area contributed by atoms with E-state index < -0.39 is 5.97 Å². The fourth-order valence-corrected chi connectivity index (χ4v) is 1.53. The number of nitrogens with one attached hydrogen (secondary N) is 1. The maximum Gasteiger partial charge on any atom is 0.335 e. The quantitative estimate of drug-likeness (QED) is 0.756. The Kier molecular flexibility index (Phi) is 3.41. The molecular weight excluding hydrogens is 198 g/mol. The van der Waals surface area contributed by atoms with E-state index in [1.54, 1.807) is 6.07 Å². The number of pyridine rings is 1. The summed E-state index contributed by atoms with van der Waals surface area (Å²) in [7, 11) is 0. The van der Waals surface area contributed by atoms with E-state index in [1.807, 2.05) is 0 Å². The van der Waals surface area contributed by atoms with E-state index in [4.69, 9.17) is 17.3 Å². The number of carboxylic acids is 1. The van der Waals surface area contributed by atoms with Crippen LogP contribution in [0.25, 0.3) is 0 Å². The third kappa shape index (κ3) is 2.96. The van der Waals surface area contributed by atoms with E-state index in [0.717, 1.165) is 12.1 Å². The first kappa shape index (κ1) is 10.9. The Morgan fingerprint density at radius 2 is 2.21 bits per heavy atom. The molecule has 0 aliphatic heterocycles. The minimum Gasteiger partial charge on any atom is -0.478 e. The maximum atomic E-state index is 10.7. The zero-order chi connectivity index (χ0) is 10.7. The zero-order valence-corrected chi connectivity index (χ0v) is 9.02. The van der Waals surface area contributed by atoms with Crippen molar-refractivity contribution in [1.29, 1.82) is 0 Å². The Morgan fingerprint density at radius 3 is 2.71 bits per heavy atom. The normalized spacial score (nSPS) is 10.5. The molecule has 0 aliphatic carbocycles. The molecule has 1 heterocycles. The highest BCUT2D eigenvalue weighted by atomic mass is 32.1. The van der Waals surface area contributed by atoms with Crippen LogP contribution in [0.15, 0.2) is 12.1 Å². The first-order chi connectivity index (χ1) is 6.49. The van der Waals surface area contributed by atoms with E-state index in [2.05, 4.69) is 18.8 Å². The van der Waals surface area contributed by atoms with E-state index in [0.29, 0.717) is 10.6 Å². The van der Waals surface area contributed by atoms with Crippen LogP contribution in [-0.2, 0) is 6.42 Å². The molecule has 0 amide bonds. The van der Waals surface area contributed by atoms with E-state index in [-0.39, 0.29) is 5.56 Å². The standard InChI is InChI=1S/C10H13NO2S/c1-6(2)3-8-4-7(10(12)13)5-9(14)11-8/h4-6H,3H2,1-2H3,(H,11,14)(H,12,13). The number of hydrogen-bond donors (Lipinski definition) is 2. The second-order valence-electron chi connectivity index (χ2n) is 3.66. The summed E-state index contributed by atoms with van der Waals surface area (Å²) >= 11 is 4.94. The molecule has 76 valence electrons.